The Morgan fingerprint density at radius 1 is 1.53 bits per heavy atom. The molecule has 2 unspecified atom stereocenters. The summed E-state index contributed by atoms with van der Waals surface area (Å²) in [6, 6.07) is 0. The number of ether oxygens (including phenoxy) is 1. The first-order chi connectivity index (χ1) is 6.94. The average Bonchev–Trinajstić information content (AvgIpc) is 2.49. The van der Waals surface area contributed by atoms with Crippen molar-refractivity contribution in [1.29, 1.82) is 0 Å². The largest absolute Gasteiger partial charge is 0.460 e. The van der Waals surface area contributed by atoms with Crippen molar-refractivity contribution in [3.63, 3.8) is 0 Å². The molecular formula is C11H20O3S. The van der Waals surface area contributed by atoms with Gasteiger partial charge < -0.3 is 9.84 Å². The Hall–Kier alpha value is -0.220. The SMILES string of the molecule is CC(C)(C)OC(=O)C1CCSC1CCO. The fourth-order valence-corrected chi connectivity index (χ4v) is 3.15. The van der Waals surface area contributed by atoms with Crippen LogP contribution in [-0.4, -0.2) is 34.3 Å². The van der Waals surface area contributed by atoms with Crippen molar-refractivity contribution in [2.45, 2.75) is 44.5 Å². The summed E-state index contributed by atoms with van der Waals surface area (Å²) in [6.07, 6.45) is 1.57. The minimum Gasteiger partial charge on any atom is -0.460 e. The number of aliphatic hydroxyl groups is 1. The van der Waals surface area contributed by atoms with Gasteiger partial charge in [0.15, 0.2) is 0 Å². The van der Waals surface area contributed by atoms with Gasteiger partial charge in [0.2, 0.25) is 0 Å². The molecule has 1 fully saturated rings. The van der Waals surface area contributed by atoms with Crippen molar-refractivity contribution < 1.29 is 14.6 Å². The van der Waals surface area contributed by atoms with Crippen LogP contribution in [0.25, 0.3) is 0 Å². The Morgan fingerprint density at radius 2 is 2.20 bits per heavy atom. The van der Waals surface area contributed by atoms with E-state index >= 15 is 0 Å². The molecule has 4 heteroatoms. The van der Waals surface area contributed by atoms with Gasteiger partial charge in [-0.3, -0.25) is 4.79 Å². The molecule has 0 spiro atoms. The van der Waals surface area contributed by atoms with Crippen molar-refractivity contribution in [1.82, 2.24) is 0 Å². The van der Waals surface area contributed by atoms with Crippen LogP contribution >= 0.6 is 11.8 Å². The molecule has 0 aromatic carbocycles. The normalized spacial score (nSPS) is 26.7. The molecule has 1 rings (SSSR count). The summed E-state index contributed by atoms with van der Waals surface area (Å²) in [4.78, 5) is 11.8. The molecular weight excluding hydrogens is 212 g/mol. The van der Waals surface area contributed by atoms with Crippen LogP contribution in [0.1, 0.15) is 33.6 Å². The van der Waals surface area contributed by atoms with Crippen LogP contribution < -0.4 is 0 Å². The zero-order valence-corrected chi connectivity index (χ0v) is 10.5. The van der Waals surface area contributed by atoms with Crippen LogP contribution in [0.2, 0.25) is 0 Å². The van der Waals surface area contributed by atoms with Gasteiger partial charge in [-0.05, 0) is 39.4 Å². The van der Waals surface area contributed by atoms with E-state index in [2.05, 4.69) is 0 Å². The lowest BCUT2D eigenvalue weighted by Gasteiger charge is -2.24. The molecule has 1 saturated heterocycles. The molecule has 1 aliphatic heterocycles. The highest BCUT2D eigenvalue weighted by molar-refractivity contribution is 8.00. The number of thioether (sulfide) groups is 1. The Morgan fingerprint density at radius 3 is 2.73 bits per heavy atom. The molecule has 3 nitrogen and oxygen atoms in total. The van der Waals surface area contributed by atoms with Crippen molar-refractivity contribution >= 4 is 17.7 Å². The first kappa shape index (κ1) is 12.8. The first-order valence-corrected chi connectivity index (χ1v) is 6.44. The molecule has 0 saturated carbocycles. The lowest BCUT2D eigenvalue weighted by atomic mass is 10.00. The van der Waals surface area contributed by atoms with Crippen molar-refractivity contribution in [3.8, 4) is 0 Å². The summed E-state index contributed by atoms with van der Waals surface area (Å²) in [5.41, 5.74) is -0.409. The monoisotopic (exact) mass is 232 g/mol. The predicted molar refractivity (Wildman–Crippen MR) is 61.9 cm³/mol. The lowest BCUT2D eigenvalue weighted by molar-refractivity contribution is -0.159. The van der Waals surface area contributed by atoms with Crippen molar-refractivity contribution in [3.05, 3.63) is 0 Å². The fourth-order valence-electron chi connectivity index (χ4n) is 1.71. The minimum absolute atomic E-state index is 0.0265. The average molecular weight is 232 g/mol. The molecule has 88 valence electrons. The lowest BCUT2D eigenvalue weighted by Crippen LogP contribution is -2.32. The third kappa shape index (κ3) is 4.03. The van der Waals surface area contributed by atoms with Crippen molar-refractivity contribution in [2.75, 3.05) is 12.4 Å². The van der Waals surface area contributed by atoms with E-state index < -0.39 is 5.60 Å². The molecule has 15 heavy (non-hydrogen) atoms. The zero-order chi connectivity index (χ0) is 11.5. The van der Waals surface area contributed by atoms with E-state index in [-0.39, 0.29) is 23.7 Å². The van der Waals surface area contributed by atoms with Crippen LogP contribution in [0.15, 0.2) is 0 Å². The van der Waals surface area contributed by atoms with E-state index in [1.807, 2.05) is 20.8 Å². The third-order valence-corrected chi connectivity index (χ3v) is 3.80. The number of hydrogen-bond acceptors (Lipinski definition) is 4. The molecule has 1 heterocycles. The third-order valence-electron chi connectivity index (χ3n) is 2.33. The second-order valence-corrected chi connectivity index (χ2v) is 6.20. The molecule has 0 aliphatic carbocycles. The van der Waals surface area contributed by atoms with E-state index in [4.69, 9.17) is 9.84 Å². The fraction of sp³-hybridized carbons (Fsp3) is 0.909. The molecule has 2 atom stereocenters. The molecule has 0 amide bonds. The Balaban J connectivity index is 2.51. The van der Waals surface area contributed by atoms with E-state index in [1.54, 1.807) is 11.8 Å². The first-order valence-electron chi connectivity index (χ1n) is 5.39. The van der Waals surface area contributed by atoms with E-state index in [1.165, 1.54) is 0 Å². The van der Waals surface area contributed by atoms with E-state index in [0.717, 1.165) is 12.2 Å². The topological polar surface area (TPSA) is 46.5 Å². The summed E-state index contributed by atoms with van der Waals surface area (Å²) < 4.78 is 5.36. The van der Waals surface area contributed by atoms with Gasteiger partial charge in [-0.25, -0.2) is 0 Å². The van der Waals surface area contributed by atoms with E-state index in [9.17, 15) is 4.79 Å². The number of aliphatic hydroxyl groups excluding tert-OH is 1. The smallest absolute Gasteiger partial charge is 0.310 e. The van der Waals surface area contributed by atoms with Gasteiger partial charge in [0, 0.05) is 11.9 Å². The maximum Gasteiger partial charge on any atom is 0.310 e. The predicted octanol–water partition coefficient (Wildman–Crippen LogP) is 1.83. The zero-order valence-electron chi connectivity index (χ0n) is 9.66. The number of hydrogen-bond donors (Lipinski definition) is 1. The molecule has 0 bridgehead atoms. The molecule has 1 N–H and O–H groups in total. The summed E-state index contributed by atoms with van der Waals surface area (Å²) in [5, 5.41) is 9.13. The summed E-state index contributed by atoms with van der Waals surface area (Å²) in [7, 11) is 0. The quantitative estimate of drug-likeness (QED) is 0.754. The summed E-state index contributed by atoms with van der Waals surface area (Å²) in [5.74, 6) is 0.863. The van der Waals surface area contributed by atoms with Gasteiger partial charge in [0.25, 0.3) is 0 Å². The highest BCUT2D eigenvalue weighted by Gasteiger charge is 2.35. The van der Waals surface area contributed by atoms with Gasteiger partial charge in [-0.15, -0.1) is 0 Å². The number of esters is 1. The maximum absolute atomic E-state index is 11.8. The highest BCUT2D eigenvalue weighted by atomic mass is 32.2. The Labute approximate surface area is 95.6 Å². The second kappa shape index (κ2) is 5.21. The molecule has 0 aromatic rings. The van der Waals surface area contributed by atoms with Gasteiger partial charge in [0.05, 0.1) is 5.92 Å². The van der Waals surface area contributed by atoms with Crippen molar-refractivity contribution in [2.24, 2.45) is 5.92 Å². The molecule has 1 aliphatic rings. The molecule has 0 radical (unpaired) electrons. The number of carbonyl (C=O) groups is 1. The minimum atomic E-state index is -0.409. The number of carbonyl (C=O) groups excluding carboxylic acids is 1. The molecule has 0 aromatic heterocycles. The standard InChI is InChI=1S/C11H20O3S/c1-11(2,3)14-10(13)8-5-7-15-9(8)4-6-12/h8-9,12H,4-7H2,1-3H3. The van der Waals surface area contributed by atoms with Crippen LogP contribution in [0.4, 0.5) is 0 Å². The summed E-state index contributed by atoms with van der Waals surface area (Å²) >= 11 is 1.77. The van der Waals surface area contributed by atoms with Crippen LogP contribution in [-0.2, 0) is 9.53 Å². The Kier molecular flexibility index (Phi) is 4.46. The number of rotatable bonds is 3. The summed E-state index contributed by atoms with van der Waals surface area (Å²) in [6.45, 7) is 5.80. The van der Waals surface area contributed by atoms with Gasteiger partial charge in [-0.2, -0.15) is 11.8 Å². The van der Waals surface area contributed by atoms with Gasteiger partial charge in [-0.1, -0.05) is 0 Å². The van der Waals surface area contributed by atoms with Gasteiger partial charge >= 0.3 is 5.97 Å². The maximum atomic E-state index is 11.8. The second-order valence-electron chi connectivity index (χ2n) is 4.85. The highest BCUT2D eigenvalue weighted by Crippen LogP contribution is 2.35. The van der Waals surface area contributed by atoms with E-state index in [0.29, 0.717) is 6.42 Å². The van der Waals surface area contributed by atoms with Crippen LogP contribution in [0.3, 0.4) is 0 Å². The van der Waals surface area contributed by atoms with Crippen LogP contribution in [0.5, 0.6) is 0 Å². The van der Waals surface area contributed by atoms with Gasteiger partial charge in [0.1, 0.15) is 5.60 Å². The van der Waals surface area contributed by atoms with Crippen LogP contribution in [0, 0.1) is 5.92 Å². The Bertz CT molecular complexity index is 222.